The Morgan fingerprint density at radius 3 is 2.58 bits per heavy atom. The molecule has 1 aromatic heterocycles. The lowest BCUT2D eigenvalue weighted by Crippen LogP contribution is -2.39. The molecule has 1 saturated heterocycles. The van der Waals surface area contributed by atoms with Gasteiger partial charge in [-0.25, -0.2) is 0 Å². The number of nitrogens with two attached hydrogens (primary N) is 1. The van der Waals surface area contributed by atoms with E-state index in [9.17, 15) is 9.59 Å². The molecule has 3 rings (SSSR count). The number of carbonyl (C=O) groups is 2. The van der Waals surface area contributed by atoms with Crippen LogP contribution in [-0.2, 0) is 4.74 Å². The SMILES string of the molecule is NC(=O)c1cccc(-c2ccc(C(=O)NC3CCOCC3)nc2)c1. The molecule has 1 fully saturated rings. The number of benzene rings is 1. The molecule has 2 aromatic rings. The van der Waals surface area contributed by atoms with Crippen LogP contribution in [0, 0.1) is 0 Å². The van der Waals surface area contributed by atoms with Gasteiger partial charge >= 0.3 is 0 Å². The highest BCUT2D eigenvalue weighted by Gasteiger charge is 2.17. The van der Waals surface area contributed by atoms with E-state index in [2.05, 4.69) is 10.3 Å². The number of hydrogen-bond donors (Lipinski definition) is 2. The van der Waals surface area contributed by atoms with Crippen LogP contribution >= 0.6 is 0 Å². The summed E-state index contributed by atoms with van der Waals surface area (Å²) < 4.78 is 5.28. The summed E-state index contributed by atoms with van der Waals surface area (Å²) in [6.45, 7) is 1.35. The smallest absolute Gasteiger partial charge is 0.270 e. The lowest BCUT2D eigenvalue weighted by atomic mass is 10.0. The molecule has 0 atom stereocenters. The number of amides is 2. The van der Waals surface area contributed by atoms with Gasteiger partial charge in [-0.3, -0.25) is 14.6 Å². The van der Waals surface area contributed by atoms with Crippen LogP contribution in [0.2, 0.25) is 0 Å². The predicted octanol–water partition coefficient (Wildman–Crippen LogP) is 1.76. The molecular formula is C18H19N3O3. The van der Waals surface area contributed by atoms with Crippen LogP contribution in [0.15, 0.2) is 42.6 Å². The van der Waals surface area contributed by atoms with Crippen LogP contribution in [0.4, 0.5) is 0 Å². The number of pyridine rings is 1. The van der Waals surface area contributed by atoms with Crippen molar-refractivity contribution < 1.29 is 14.3 Å². The van der Waals surface area contributed by atoms with Gasteiger partial charge in [-0.2, -0.15) is 0 Å². The number of ether oxygens (including phenoxy) is 1. The van der Waals surface area contributed by atoms with Crippen molar-refractivity contribution in [3.05, 3.63) is 53.9 Å². The summed E-state index contributed by atoms with van der Waals surface area (Å²) in [6, 6.07) is 10.6. The fraction of sp³-hybridized carbons (Fsp3) is 0.278. The Kier molecular flexibility index (Phi) is 4.86. The van der Waals surface area contributed by atoms with Crippen molar-refractivity contribution in [1.82, 2.24) is 10.3 Å². The maximum absolute atomic E-state index is 12.2. The lowest BCUT2D eigenvalue weighted by Gasteiger charge is -2.22. The Bertz CT molecular complexity index is 737. The molecule has 6 heteroatoms. The Morgan fingerprint density at radius 1 is 1.12 bits per heavy atom. The normalized spacial score (nSPS) is 15.0. The first kappa shape index (κ1) is 16.1. The van der Waals surface area contributed by atoms with Crippen LogP contribution < -0.4 is 11.1 Å². The average molecular weight is 325 g/mol. The molecule has 0 bridgehead atoms. The first-order chi connectivity index (χ1) is 11.6. The van der Waals surface area contributed by atoms with Crippen LogP contribution in [0.3, 0.4) is 0 Å². The van der Waals surface area contributed by atoms with E-state index >= 15 is 0 Å². The Balaban J connectivity index is 1.71. The molecule has 2 amide bonds. The van der Waals surface area contributed by atoms with E-state index in [1.54, 1.807) is 30.5 Å². The fourth-order valence-electron chi connectivity index (χ4n) is 2.65. The largest absolute Gasteiger partial charge is 0.381 e. The number of rotatable bonds is 4. The third kappa shape index (κ3) is 3.78. The molecule has 1 aliphatic rings. The Labute approximate surface area is 140 Å². The van der Waals surface area contributed by atoms with Gasteiger partial charge in [0, 0.05) is 36.6 Å². The van der Waals surface area contributed by atoms with Gasteiger partial charge in [0.1, 0.15) is 5.69 Å². The van der Waals surface area contributed by atoms with Crippen molar-refractivity contribution in [2.45, 2.75) is 18.9 Å². The molecule has 6 nitrogen and oxygen atoms in total. The third-order valence-electron chi connectivity index (χ3n) is 4.03. The predicted molar refractivity (Wildman–Crippen MR) is 89.5 cm³/mol. The highest BCUT2D eigenvalue weighted by Crippen LogP contribution is 2.20. The lowest BCUT2D eigenvalue weighted by molar-refractivity contribution is 0.0694. The molecule has 0 unspecified atom stereocenters. The van der Waals surface area contributed by atoms with Gasteiger partial charge < -0.3 is 15.8 Å². The van der Waals surface area contributed by atoms with Gasteiger partial charge in [-0.05, 0) is 36.6 Å². The van der Waals surface area contributed by atoms with Gasteiger partial charge in [0.2, 0.25) is 5.91 Å². The minimum Gasteiger partial charge on any atom is -0.381 e. The number of carbonyl (C=O) groups excluding carboxylic acids is 2. The van der Waals surface area contributed by atoms with Gasteiger partial charge in [-0.15, -0.1) is 0 Å². The number of nitrogens with one attached hydrogen (secondary N) is 1. The van der Waals surface area contributed by atoms with Crippen LogP contribution in [0.5, 0.6) is 0 Å². The van der Waals surface area contributed by atoms with Gasteiger partial charge in [0.05, 0.1) is 0 Å². The zero-order valence-electron chi connectivity index (χ0n) is 13.2. The van der Waals surface area contributed by atoms with Gasteiger partial charge in [0.25, 0.3) is 5.91 Å². The second-order valence-electron chi connectivity index (χ2n) is 5.74. The molecule has 1 aliphatic heterocycles. The summed E-state index contributed by atoms with van der Waals surface area (Å²) in [6.07, 6.45) is 3.27. The van der Waals surface area contributed by atoms with Gasteiger partial charge in [0.15, 0.2) is 0 Å². The molecule has 24 heavy (non-hydrogen) atoms. The van der Waals surface area contributed by atoms with E-state index in [1.165, 1.54) is 0 Å². The maximum Gasteiger partial charge on any atom is 0.270 e. The summed E-state index contributed by atoms with van der Waals surface area (Å²) in [7, 11) is 0. The zero-order chi connectivity index (χ0) is 16.9. The number of nitrogens with zero attached hydrogens (tertiary/aromatic N) is 1. The van der Waals surface area contributed by atoms with Crippen LogP contribution in [0.25, 0.3) is 11.1 Å². The molecule has 124 valence electrons. The standard InChI is InChI=1S/C18H19N3O3/c19-17(22)13-3-1-2-12(10-13)14-4-5-16(20-11-14)18(23)21-15-6-8-24-9-7-15/h1-5,10-11,15H,6-9H2,(H2,19,22)(H,21,23). The highest BCUT2D eigenvalue weighted by atomic mass is 16.5. The molecule has 1 aromatic carbocycles. The fourth-order valence-corrected chi connectivity index (χ4v) is 2.65. The third-order valence-corrected chi connectivity index (χ3v) is 4.03. The summed E-state index contributed by atoms with van der Waals surface area (Å²) in [5.74, 6) is -0.656. The van der Waals surface area contributed by atoms with Crippen molar-refractivity contribution in [3.8, 4) is 11.1 Å². The van der Waals surface area contributed by atoms with E-state index in [0.717, 1.165) is 24.0 Å². The molecule has 3 N–H and O–H groups in total. The second-order valence-corrected chi connectivity index (χ2v) is 5.74. The van der Waals surface area contributed by atoms with E-state index in [4.69, 9.17) is 10.5 Å². The quantitative estimate of drug-likeness (QED) is 0.895. The minimum absolute atomic E-state index is 0.139. The number of aromatic nitrogens is 1. The minimum atomic E-state index is -0.475. The maximum atomic E-state index is 12.2. The topological polar surface area (TPSA) is 94.3 Å². The summed E-state index contributed by atoms with van der Waals surface area (Å²) in [5.41, 5.74) is 7.76. The van der Waals surface area contributed by atoms with E-state index in [-0.39, 0.29) is 11.9 Å². The molecule has 0 spiro atoms. The van der Waals surface area contributed by atoms with E-state index < -0.39 is 5.91 Å². The van der Waals surface area contributed by atoms with Crippen LogP contribution in [0.1, 0.15) is 33.7 Å². The summed E-state index contributed by atoms with van der Waals surface area (Å²) in [4.78, 5) is 27.7. The van der Waals surface area contributed by atoms with Crippen molar-refractivity contribution >= 4 is 11.8 Å². The monoisotopic (exact) mass is 325 g/mol. The molecule has 2 heterocycles. The number of primary amides is 1. The Hall–Kier alpha value is -2.73. The molecule has 0 aliphatic carbocycles. The van der Waals surface area contributed by atoms with Gasteiger partial charge in [-0.1, -0.05) is 18.2 Å². The molecular weight excluding hydrogens is 306 g/mol. The number of hydrogen-bond acceptors (Lipinski definition) is 4. The van der Waals surface area contributed by atoms with E-state index in [1.807, 2.05) is 12.1 Å². The Morgan fingerprint density at radius 2 is 1.92 bits per heavy atom. The summed E-state index contributed by atoms with van der Waals surface area (Å²) >= 11 is 0. The molecule has 0 saturated carbocycles. The van der Waals surface area contributed by atoms with Crippen molar-refractivity contribution in [3.63, 3.8) is 0 Å². The zero-order valence-corrected chi connectivity index (χ0v) is 13.2. The average Bonchev–Trinajstić information content (AvgIpc) is 2.63. The first-order valence-electron chi connectivity index (χ1n) is 7.88. The van der Waals surface area contributed by atoms with Crippen molar-refractivity contribution in [2.24, 2.45) is 5.73 Å². The first-order valence-corrected chi connectivity index (χ1v) is 7.88. The van der Waals surface area contributed by atoms with Crippen LogP contribution in [-0.4, -0.2) is 36.1 Å². The molecule has 0 radical (unpaired) electrons. The van der Waals surface area contributed by atoms with Crippen molar-refractivity contribution in [2.75, 3.05) is 13.2 Å². The second kappa shape index (κ2) is 7.23. The van der Waals surface area contributed by atoms with E-state index in [0.29, 0.717) is 24.5 Å². The highest BCUT2D eigenvalue weighted by molar-refractivity contribution is 5.94. The summed E-state index contributed by atoms with van der Waals surface area (Å²) in [5, 5.41) is 2.98. The van der Waals surface area contributed by atoms with Crippen molar-refractivity contribution in [1.29, 1.82) is 0 Å².